The molecule has 0 spiro atoms. The van der Waals surface area contributed by atoms with Gasteiger partial charge in [0.15, 0.2) is 6.29 Å². The van der Waals surface area contributed by atoms with Crippen molar-refractivity contribution >= 4 is 17.5 Å². The van der Waals surface area contributed by atoms with E-state index in [0.717, 1.165) is 37.3 Å². The van der Waals surface area contributed by atoms with Crippen LogP contribution in [0.4, 0.5) is 0 Å². The molecule has 3 heterocycles. The third-order valence-electron chi connectivity index (χ3n) is 5.51. The number of piperidine rings is 1. The zero-order valence-corrected chi connectivity index (χ0v) is 17.1. The predicted octanol–water partition coefficient (Wildman–Crippen LogP) is 3.87. The van der Waals surface area contributed by atoms with Crippen molar-refractivity contribution in [1.82, 2.24) is 14.7 Å². The fraction of sp³-hybridized carbons (Fsp3) is 0.524. The highest BCUT2D eigenvalue weighted by Crippen LogP contribution is 2.29. The monoisotopic (exact) mass is 403 g/mol. The van der Waals surface area contributed by atoms with E-state index in [4.69, 9.17) is 21.1 Å². The summed E-state index contributed by atoms with van der Waals surface area (Å²) in [5.41, 5.74) is 2.51. The molecule has 0 bridgehead atoms. The molecule has 7 heteroatoms. The summed E-state index contributed by atoms with van der Waals surface area (Å²) in [5, 5.41) is 5.19. The first kappa shape index (κ1) is 19.4. The van der Waals surface area contributed by atoms with Crippen molar-refractivity contribution < 1.29 is 14.3 Å². The lowest BCUT2D eigenvalue weighted by molar-refractivity contribution is -0.0956. The number of hydrogen-bond donors (Lipinski definition) is 0. The number of likely N-dealkylation sites (tertiary alicyclic amines) is 1. The van der Waals surface area contributed by atoms with E-state index in [2.05, 4.69) is 18.9 Å². The van der Waals surface area contributed by atoms with Crippen LogP contribution in [-0.4, -0.2) is 53.2 Å². The number of carbonyl (C=O) groups excluding carboxylic acids is 1. The SMILES string of the molecule is CC(C)c1c(C(=O)N2CCC(C3OCCO3)CC2)cnn1-c1ccc(Cl)cc1. The number of ether oxygens (including phenoxy) is 2. The molecule has 4 rings (SSSR count). The predicted molar refractivity (Wildman–Crippen MR) is 107 cm³/mol. The minimum Gasteiger partial charge on any atom is -0.350 e. The first-order valence-corrected chi connectivity index (χ1v) is 10.3. The Morgan fingerprint density at radius 2 is 1.79 bits per heavy atom. The summed E-state index contributed by atoms with van der Waals surface area (Å²) in [6.07, 6.45) is 3.40. The van der Waals surface area contributed by atoms with Crippen LogP contribution < -0.4 is 0 Å². The molecule has 6 nitrogen and oxygen atoms in total. The maximum Gasteiger partial charge on any atom is 0.257 e. The Morgan fingerprint density at radius 1 is 1.14 bits per heavy atom. The summed E-state index contributed by atoms with van der Waals surface area (Å²) in [7, 11) is 0. The molecule has 1 aromatic heterocycles. The summed E-state index contributed by atoms with van der Waals surface area (Å²) in [6, 6.07) is 7.51. The minimum atomic E-state index is -0.101. The molecule has 0 aliphatic carbocycles. The van der Waals surface area contributed by atoms with Crippen molar-refractivity contribution in [2.45, 2.75) is 38.9 Å². The fourth-order valence-corrected chi connectivity index (χ4v) is 4.19. The van der Waals surface area contributed by atoms with Crippen LogP contribution >= 0.6 is 11.6 Å². The van der Waals surface area contributed by atoms with Crippen molar-refractivity contribution in [3.8, 4) is 5.69 Å². The van der Waals surface area contributed by atoms with E-state index in [1.807, 2.05) is 33.8 Å². The van der Waals surface area contributed by atoms with Gasteiger partial charge in [0.2, 0.25) is 0 Å². The summed E-state index contributed by atoms with van der Waals surface area (Å²) < 4.78 is 13.1. The third-order valence-corrected chi connectivity index (χ3v) is 5.77. The Labute approximate surface area is 170 Å². The average molecular weight is 404 g/mol. The topological polar surface area (TPSA) is 56.6 Å². The standard InChI is InChI=1S/C21H26ClN3O3/c1-14(2)19-18(13-23-25(19)17-5-3-16(22)4-6-17)20(26)24-9-7-15(8-10-24)21-27-11-12-28-21/h3-6,13-15,21H,7-12H2,1-2H3. The van der Waals surface area contributed by atoms with Gasteiger partial charge in [0, 0.05) is 24.0 Å². The number of halogens is 1. The lowest BCUT2D eigenvalue weighted by Crippen LogP contribution is -2.41. The zero-order valence-electron chi connectivity index (χ0n) is 16.3. The molecule has 0 N–H and O–H groups in total. The van der Waals surface area contributed by atoms with Crippen LogP contribution in [0.5, 0.6) is 0 Å². The first-order valence-electron chi connectivity index (χ1n) is 9.91. The van der Waals surface area contributed by atoms with E-state index in [1.165, 1.54) is 0 Å². The van der Waals surface area contributed by atoms with Gasteiger partial charge in [0.05, 0.1) is 36.4 Å². The number of aromatic nitrogens is 2. The highest BCUT2D eigenvalue weighted by molar-refractivity contribution is 6.30. The first-order chi connectivity index (χ1) is 13.5. The molecule has 2 aliphatic rings. The molecule has 2 fully saturated rings. The zero-order chi connectivity index (χ0) is 19.7. The van der Waals surface area contributed by atoms with Gasteiger partial charge < -0.3 is 14.4 Å². The Hall–Kier alpha value is -1.89. The molecule has 0 radical (unpaired) electrons. The normalized spacial score (nSPS) is 18.9. The molecular weight excluding hydrogens is 378 g/mol. The summed E-state index contributed by atoms with van der Waals surface area (Å²) in [6.45, 7) is 6.95. The van der Waals surface area contributed by atoms with E-state index in [9.17, 15) is 4.79 Å². The van der Waals surface area contributed by atoms with Gasteiger partial charge in [0.25, 0.3) is 5.91 Å². The highest BCUT2D eigenvalue weighted by atomic mass is 35.5. The Balaban J connectivity index is 1.52. The molecule has 1 aromatic carbocycles. The van der Waals surface area contributed by atoms with E-state index in [1.54, 1.807) is 6.20 Å². The Kier molecular flexibility index (Phi) is 5.71. The fourth-order valence-electron chi connectivity index (χ4n) is 4.06. The molecule has 1 amide bonds. The molecule has 2 aromatic rings. The summed E-state index contributed by atoms with van der Waals surface area (Å²) in [4.78, 5) is 15.2. The molecule has 0 saturated carbocycles. The van der Waals surface area contributed by atoms with Gasteiger partial charge in [-0.25, -0.2) is 4.68 Å². The number of amides is 1. The maximum absolute atomic E-state index is 13.2. The third kappa shape index (κ3) is 3.81. The van der Waals surface area contributed by atoms with Crippen molar-refractivity contribution in [3.05, 3.63) is 46.7 Å². The second-order valence-corrected chi connectivity index (χ2v) is 8.16. The van der Waals surface area contributed by atoms with Gasteiger partial charge in [-0.05, 0) is 43.0 Å². The van der Waals surface area contributed by atoms with Gasteiger partial charge in [0.1, 0.15) is 0 Å². The van der Waals surface area contributed by atoms with Gasteiger partial charge in [-0.3, -0.25) is 4.79 Å². The van der Waals surface area contributed by atoms with Crippen LogP contribution in [0.3, 0.4) is 0 Å². The maximum atomic E-state index is 13.2. The number of benzene rings is 1. The molecule has 0 unspecified atom stereocenters. The molecule has 2 saturated heterocycles. The second-order valence-electron chi connectivity index (χ2n) is 7.73. The molecule has 150 valence electrons. The van der Waals surface area contributed by atoms with Crippen LogP contribution in [0.1, 0.15) is 48.7 Å². The Bertz CT molecular complexity index is 820. The molecular formula is C21H26ClN3O3. The van der Waals surface area contributed by atoms with Gasteiger partial charge in [-0.2, -0.15) is 5.10 Å². The van der Waals surface area contributed by atoms with Crippen LogP contribution in [0.2, 0.25) is 5.02 Å². The van der Waals surface area contributed by atoms with Crippen LogP contribution in [0.25, 0.3) is 5.69 Å². The van der Waals surface area contributed by atoms with Crippen LogP contribution in [-0.2, 0) is 9.47 Å². The van der Waals surface area contributed by atoms with E-state index in [-0.39, 0.29) is 18.1 Å². The van der Waals surface area contributed by atoms with Gasteiger partial charge >= 0.3 is 0 Å². The second kappa shape index (κ2) is 8.23. The lowest BCUT2D eigenvalue weighted by Gasteiger charge is -2.34. The van der Waals surface area contributed by atoms with Crippen LogP contribution in [0.15, 0.2) is 30.5 Å². The quantitative estimate of drug-likeness (QED) is 0.777. The molecule has 28 heavy (non-hydrogen) atoms. The van der Waals surface area contributed by atoms with Gasteiger partial charge in [-0.1, -0.05) is 25.4 Å². The van der Waals surface area contributed by atoms with Gasteiger partial charge in [-0.15, -0.1) is 0 Å². The number of hydrogen-bond acceptors (Lipinski definition) is 4. The molecule has 2 aliphatic heterocycles. The number of nitrogens with zero attached hydrogens (tertiary/aromatic N) is 3. The van der Waals surface area contributed by atoms with E-state index < -0.39 is 0 Å². The largest absolute Gasteiger partial charge is 0.350 e. The van der Waals surface area contributed by atoms with Crippen molar-refractivity contribution in [2.75, 3.05) is 26.3 Å². The average Bonchev–Trinajstić information content (AvgIpc) is 3.38. The molecule has 0 atom stereocenters. The van der Waals surface area contributed by atoms with E-state index in [0.29, 0.717) is 29.7 Å². The summed E-state index contributed by atoms with van der Waals surface area (Å²) in [5.74, 6) is 0.582. The minimum absolute atomic E-state index is 0.0515. The lowest BCUT2D eigenvalue weighted by atomic mass is 9.95. The van der Waals surface area contributed by atoms with Crippen molar-refractivity contribution in [1.29, 1.82) is 0 Å². The van der Waals surface area contributed by atoms with Crippen LogP contribution in [0, 0.1) is 5.92 Å². The van der Waals surface area contributed by atoms with E-state index >= 15 is 0 Å². The number of carbonyl (C=O) groups is 1. The highest BCUT2D eigenvalue weighted by Gasteiger charge is 2.33. The smallest absolute Gasteiger partial charge is 0.257 e. The Morgan fingerprint density at radius 3 is 2.39 bits per heavy atom. The van der Waals surface area contributed by atoms with Crippen molar-refractivity contribution in [2.24, 2.45) is 5.92 Å². The number of rotatable bonds is 4. The summed E-state index contributed by atoms with van der Waals surface area (Å²) >= 11 is 6.01. The van der Waals surface area contributed by atoms with Crippen molar-refractivity contribution in [3.63, 3.8) is 0 Å².